The van der Waals surface area contributed by atoms with Crippen molar-refractivity contribution in [2.75, 3.05) is 24.6 Å². The summed E-state index contributed by atoms with van der Waals surface area (Å²) in [6.07, 6.45) is 9.13. The van der Waals surface area contributed by atoms with Gasteiger partial charge in [-0.1, -0.05) is 32.8 Å². The normalized spacial score (nSPS) is 14.7. The van der Waals surface area contributed by atoms with Crippen molar-refractivity contribution in [3.05, 3.63) is 70.3 Å². The number of aliphatic hydroxyl groups excluding tert-OH is 1. The SMILES string of the molecule is CC(C)C[C@@H](CO)NC(=O)c1c(-c2ccsc2)nc2c(C(=O)NCc3ccc(N4CCCCCC4)nc3)cccn12. The summed E-state index contributed by atoms with van der Waals surface area (Å²) in [6.45, 7) is 6.32. The van der Waals surface area contributed by atoms with E-state index < -0.39 is 0 Å². The van der Waals surface area contributed by atoms with Crippen LogP contribution in [0.25, 0.3) is 16.9 Å². The lowest BCUT2D eigenvalue weighted by Gasteiger charge is -2.21. The van der Waals surface area contributed by atoms with Crippen LogP contribution in [-0.2, 0) is 6.54 Å². The molecule has 0 bridgehead atoms. The van der Waals surface area contributed by atoms with Crippen molar-refractivity contribution < 1.29 is 14.7 Å². The number of carbonyl (C=O) groups excluding carboxylic acids is 2. The molecule has 0 unspecified atom stereocenters. The highest BCUT2D eigenvalue weighted by Crippen LogP contribution is 2.28. The molecule has 1 aliphatic heterocycles. The van der Waals surface area contributed by atoms with Gasteiger partial charge in [-0.2, -0.15) is 11.3 Å². The molecule has 1 saturated heterocycles. The molecule has 0 aliphatic carbocycles. The van der Waals surface area contributed by atoms with E-state index in [2.05, 4.69) is 20.5 Å². The van der Waals surface area contributed by atoms with Gasteiger partial charge in [-0.3, -0.25) is 14.0 Å². The molecule has 4 aromatic heterocycles. The van der Waals surface area contributed by atoms with Crippen LogP contribution >= 0.6 is 11.3 Å². The second-order valence-electron chi connectivity index (χ2n) is 11.0. The van der Waals surface area contributed by atoms with Gasteiger partial charge in [0, 0.05) is 43.0 Å². The highest BCUT2D eigenvalue weighted by atomic mass is 32.1. The van der Waals surface area contributed by atoms with Crippen LogP contribution in [0.4, 0.5) is 5.82 Å². The molecule has 3 N–H and O–H groups in total. The van der Waals surface area contributed by atoms with Crippen molar-refractivity contribution in [3.63, 3.8) is 0 Å². The van der Waals surface area contributed by atoms with E-state index in [1.807, 2.05) is 49.0 Å². The number of nitrogens with one attached hydrogen (secondary N) is 2. The van der Waals surface area contributed by atoms with Crippen LogP contribution in [0.3, 0.4) is 0 Å². The molecule has 9 nitrogen and oxygen atoms in total. The lowest BCUT2D eigenvalue weighted by molar-refractivity contribution is 0.0901. The highest BCUT2D eigenvalue weighted by Gasteiger charge is 2.26. The molecule has 0 saturated carbocycles. The third-order valence-corrected chi connectivity index (χ3v) is 8.09. The minimum absolute atomic E-state index is 0.157. The molecule has 5 rings (SSSR count). The number of hydrogen-bond donors (Lipinski definition) is 3. The lowest BCUT2D eigenvalue weighted by atomic mass is 10.0. The fourth-order valence-electron chi connectivity index (χ4n) is 5.35. The van der Waals surface area contributed by atoms with E-state index in [0.717, 1.165) is 30.0 Å². The minimum Gasteiger partial charge on any atom is -0.394 e. The number of rotatable bonds is 10. The Morgan fingerprint density at radius 1 is 1.07 bits per heavy atom. The number of pyridine rings is 2. The maximum Gasteiger partial charge on any atom is 0.270 e. The monoisotopic (exact) mass is 574 g/mol. The predicted octanol–water partition coefficient (Wildman–Crippen LogP) is 4.91. The van der Waals surface area contributed by atoms with Crippen molar-refractivity contribution in [2.45, 2.75) is 58.5 Å². The summed E-state index contributed by atoms with van der Waals surface area (Å²) in [7, 11) is 0. The first-order chi connectivity index (χ1) is 19.9. The van der Waals surface area contributed by atoms with Gasteiger partial charge in [-0.05, 0) is 60.4 Å². The average molecular weight is 575 g/mol. The van der Waals surface area contributed by atoms with Gasteiger partial charge in [0.25, 0.3) is 11.8 Å². The summed E-state index contributed by atoms with van der Waals surface area (Å²) >= 11 is 1.51. The molecule has 0 aromatic carbocycles. The Labute approximate surface area is 244 Å². The zero-order chi connectivity index (χ0) is 28.8. The summed E-state index contributed by atoms with van der Waals surface area (Å²) < 4.78 is 1.67. The molecule has 1 aliphatic rings. The van der Waals surface area contributed by atoms with E-state index in [-0.39, 0.29) is 24.5 Å². The van der Waals surface area contributed by atoms with Crippen LogP contribution < -0.4 is 15.5 Å². The second-order valence-corrected chi connectivity index (χ2v) is 11.8. The average Bonchev–Trinajstić information content (AvgIpc) is 3.56. The van der Waals surface area contributed by atoms with Gasteiger partial charge in [0.2, 0.25) is 0 Å². The first kappa shape index (κ1) is 28.8. The molecule has 216 valence electrons. The molecule has 1 atom stereocenters. The fourth-order valence-corrected chi connectivity index (χ4v) is 5.99. The first-order valence-electron chi connectivity index (χ1n) is 14.4. The summed E-state index contributed by atoms with van der Waals surface area (Å²) in [4.78, 5) is 38.7. The van der Waals surface area contributed by atoms with E-state index in [4.69, 9.17) is 4.98 Å². The smallest absolute Gasteiger partial charge is 0.270 e. The van der Waals surface area contributed by atoms with Gasteiger partial charge >= 0.3 is 0 Å². The Kier molecular flexibility index (Phi) is 9.31. The number of fused-ring (bicyclic) bond motifs is 1. The van der Waals surface area contributed by atoms with Gasteiger partial charge in [0.15, 0.2) is 5.65 Å². The molecule has 0 radical (unpaired) electrons. The summed E-state index contributed by atoms with van der Waals surface area (Å²) in [5, 5.41) is 19.7. The van der Waals surface area contributed by atoms with Crippen LogP contribution in [0.1, 0.15) is 72.4 Å². The van der Waals surface area contributed by atoms with E-state index in [0.29, 0.717) is 41.5 Å². The maximum atomic E-state index is 13.5. The third kappa shape index (κ3) is 6.77. The Morgan fingerprint density at radius 3 is 2.54 bits per heavy atom. The molecular weight excluding hydrogens is 536 g/mol. The minimum atomic E-state index is -0.380. The maximum absolute atomic E-state index is 13.5. The van der Waals surface area contributed by atoms with Crippen LogP contribution in [0.5, 0.6) is 0 Å². The highest BCUT2D eigenvalue weighted by molar-refractivity contribution is 7.08. The predicted molar refractivity (Wildman–Crippen MR) is 162 cm³/mol. The molecule has 4 aromatic rings. The molecule has 41 heavy (non-hydrogen) atoms. The zero-order valence-corrected chi connectivity index (χ0v) is 24.5. The number of aliphatic hydroxyl groups is 1. The van der Waals surface area contributed by atoms with Crippen LogP contribution in [-0.4, -0.2) is 57.0 Å². The van der Waals surface area contributed by atoms with Gasteiger partial charge in [0.05, 0.1) is 18.2 Å². The Balaban J connectivity index is 1.37. The van der Waals surface area contributed by atoms with Crippen molar-refractivity contribution in [1.29, 1.82) is 0 Å². The number of imidazole rings is 1. The van der Waals surface area contributed by atoms with Crippen LogP contribution in [0.15, 0.2) is 53.5 Å². The topological polar surface area (TPSA) is 112 Å². The molecule has 1 fully saturated rings. The van der Waals surface area contributed by atoms with E-state index in [9.17, 15) is 14.7 Å². The molecule has 0 spiro atoms. The standard InChI is InChI=1S/C31H38N6O3S/c1-21(2)16-24(19-38)34-31(40)28-27(23-11-15-41-20-23)35-29-25(8-7-14-37(28)29)30(39)33-18-22-9-10-26(32-17-22)36-12-5-3-4-6-13-36/h7-11,14-15,17,20-21,24,38H,3-6,12-13,16,18-19H2,1-2H3,(H,33,39)(H,34,40)/t24-/m0/s1. The second kappa shape index (κ2) is 13.3. The third-order valence-electron chi connectivity index (χ3n) is 7.41. The molecule has 5 heterocycles. The largest absolute Gasteiger partial charge is 0.394 e. The summed E-state index contributed by atoms with van der Waals surface area (Å²) in [5.74, 6) is 0.662. The number of thiophene rings is 1. The Morgan fingerprint density at radius 2 is 1.88 bits per heavy atom. The Bertz CT molecular complexity index is 1460. The number of carbonyl (C=O) groups is 2. The van der Waals surface area contributed by atoms with Crippen molar-refractivity contribution in [1.82, 2.24) is 25.0 Å². The van der Waals surface area contributed by atoms with E-state index in [1.54, 1.807) is 22.7 Å². The fraction of sp³-hybridized carbons (Fsp3) is 0.419. The number of aromatic nitrogens is 3. The number of anilines is 1. The van der Waals surface area contributed by atoms with Crippen molar-refractivity contribution in [2.24, 2.45) is 5.92 Å². The quantitative estimate of drug-likeness (QED) is 0.248. The molecule has 2 amide bonds. The van der Waals surface area contributed by atoms with Gasteiger partial charge in [-0.25, -0.2) is 9.97 Å². The molecule has 10 heteroatoms. The van der Waals surface area contributed by atoms with Crippen LogP contribution in [0.2, 0.25) is 0 Å². The Hall–Kier alpha value is -3.76. The van der Waals surface area contributed by atoms with Gasteiger partial charge in [0.1, 0.15) is 17.2 Å². The number of hydrogen-bond acceptors (Lipinski definition) is 7. The zero-order valence-electron chi connectivity index (χ0n) is 23.7. The number of amides is 2. The van der Waals surface area contributed by atoms with Crippen LogP contribution in [0, 0.1) is 5.92 Å². The van der Waals surface area contributed by atoms with Crippen molar-refractivity contribution >= 4 is 34.6 Å². The number of nitrogens with zero attached hydrogens (tertiary/aromatic N) is 4. The summed E-state index contributed by atoms with van der Waals surface area (Å²) in [6, 6.07) is 9.02. The van der Waals surface area contributed by atoms with Crippen molar-refractivity contribution in [3.8, 4) is 11.3 Å². The van der Waals surface area contributed by atoms with E-state index in [1.165, 1.54) is 37.0 Å². The summed E-state index contributed by atoms with van der Waals surface area (Å²) in [5.41, 5.74) is 3.32. The molecular formula is C31H38N6O3S. The van der Waals surface area contributed by atoms with Gasteiger partial charge in [-0.15, -0.1) is 0 Å². The van der Waals surface area contributed by atoms with Gasteiger partial charge < -0.3 is 20.6 Å². The first-order valence-corrected chi connectivity index (χ1v) is 15.3. The lowest BCUT2D eigenvalue weighted by Crippen LogP contribution is -2.39. The van der Waals surface area contributed by atoms with E-state index >= 15 is 0 Å².